The van der Waals surface area contributed by atoms with Gasteiger partial charge in [-0.1, -0.05) is 6.07 Å². The fraction of sp³-hybridized carbons (Fsp3) is 0.333. The lowest BCUT2D eigenvalue weighted by Crippen LogP contribution is -2.36. The molecule has 0 aliphatic carbocycles. The van der Waals surface area contributed by atoms with Crippen molar-refractivity contribution in [3.63, 3.8) is 0 Å². The van der Waals surface area contributed by atoms with Crippen LogP contribution in [0.4, 0.5) is 16.0 Å². The van der Waals surface area contributed by atoms with E-state index >= 15 is 0 Å². The largest absolute Gasteiger partial charge is 0.478 e. The van der Waals surface area contributed by atoms with Crippen LogP contribution in [0.15, 0.2) is 51.7 Å². The first kappa shape index (κ1) is 20.5. The number of aromatic carboxylic acids is 1. The second-order valence-electron chi connectivity index (χ2n) is 8.13. The number of rotatable bonds is 4. The zero-order chi connectivity index (χ0) is 22.2. The van der Waals surface area contributed by atoms with Crippen molar-refractivity contribution in [1.29, 1.82) is 0 Å². The number of halogens is 1. The highest BCUT2D eigenvalue weighted by Gasteiger charge is 2.30. The molecule has 0 amide bonds. The Morgan fingerprint density at radius 3 is 2.66 bits per heavy atom. The zero-order valence-electron chi connectivity index (χ0n) is 17.4. The fourth-order valence-electron chi connectivity index (χ4n) is 4.64. The number of carboxylic acid groups (broad SMARTS) is 1. The Bertz CT molecular complexity index is 1230. The molecular formula is C24H23FN2O5. The predicted molar refractivity (Wildman–Crippen MR) is 118 cm³/mol. The van der Waals surface area contributed by atoms with Gasteiger partial charge < -0.3 is 24.1 Å². The number of carbonyl (C=O) groups is 1. The van der Waals surface area contributed by atoms with Gasteiger partial charge in [-0.05, 0) is 43.2 Å². The molecule has 0 spiro atoms. The summed E-state index contributed by atoms with van der Waals surface area (Å²) in [7, 11) is 0. The van der Waals surface area contributed by atoms with Crippen LogP contribution in [0.2, 0.25) is 0 Å². The first-order chi connectivity index (χ1) is 15.5. The molecule has 2 fully saturated rings. The monoisotopic (exact) mass is 438 g/mol. The van der Waals surface area contributed by atoms with Crippen LogP contribution >= 0.6 is 0 Å². The van der Waals surface area contributed by atoms with Gasteiger partial charge in [0.15, 0.2) is 11.3 Å². The van der Waals surface area contributed by atoms with Crippen LogP contribution in [0.3, 0.4) is 0 Å². The third-order valence-electron chi connectivity index (χ3n) is 6.17. The number of carboxylic acids is 1. The van der Waals surface area contributed by atoms with E-state index in [9.17, 15) is 19.1 Å². The van der Waals surface area contributed by atoms with Crippen molar-refractivity contribution in [2.24, 2.45) is 0 Å². The maximum Gasteiger partial charge on any atom is 0.335 e. The molecule has 0 radical (unpaired) electrons. The van der Waals surface area contributed by atoms with E-state index < -0.39 is 5.97 Å². The lowest BCUT2D eigenvalue weighted by atomic mass is 9.98. The predicted octanol–water partition coefficient (Wildman–Crippen LogP) is 3.81. The first-order valence-corrected chi connectivity index (χ1v) is 10.7. The summed E-state index contributed by atoms with van der Waals surface area (Å²) >= 11 is 0. The van der Waals surface area contributed by atoms with E-state index in [1.165, 1.54) is 24.3 Å². The smallest absolute Gasteiger partial charge is 0.335 e. The zero-order valence-corrected chi connectivity index (χ0v) is 17.4. The minimum atomic E-state index is -1.11. The molecule has 1 atom stereocenters. The van der Waals surface area contributed by atoms with Gasteiger partial charge in [-0.25, -0.2) is 9.18 Å². The van der Waals surface area contributed by atoms with E-state index in [0.29, 0.717) is 55.6 Å². The molecule has 2 aliphatic heterocycles. The van der Waals surface area contributed by atoms with Gasteiger partial charge in [0.2, 0.25) is 0 Å². The number of nitrogens with zero attached hydrogens (tertiary/aromatic N) is 2. The van der Waals surface area contributed by atoms with Gasteiger partial charge in [-0.3, -0.25) is 4.79 Å². The summed E-state index contributed by atoms with van der Waals surface area (Å²) in [6.07, 6.45) is 1.59. The number of hydrogen-bond donors (Lipinski definition) is 1. The van der Waals surface area contributed by atoms with E-state index in [2.05, 4.69) is 0 Å². The fourth-order valence-corrected chi connectivity index (χ4v) is 4.64. The van der Waals surface area contributed by atoms with E-state index in [1.54, 1.807) is 12.1 Å². The molecule has 1 aromatic heterocycles. The number of fused-ring (bicyclic) bond motifs is 1. The third-order valence-corrected chi connectivity index (χ3v) is 6.17. The van der Waals surface area contributed by atoms with Crippen molar-refractivity contribution < 1.29 is 23.4 Å². The average molecular weight is 438 g/mol. The van der Waals surface area contributed by atoms with Gasteiger partial charge in [-0.15, -0.1) is 0 Å². The van der Waals surface area contributed by atoms with Gasteiger partial charge in [0.05, 0.1) is 30.2 Å². The Balaban J connectivity index is 1.68. The van der Waals surface area contributed by atoms with Crippen LogP contribution in [-0.4, -0.2) is 43.9 Å². The van der Waals surface area contributed by atoms with Crippen molar-refractivity contribution in [2.75, 3.05) is 42.6 Å². The summed E-state index contributed by atoms with van der Waals surface area (Å²) in [5.41, 5.74) is 1.48. The van der Waals surface area contributed by atoms with Crippen LogP contribution in [0, 0.1) is 5.82 Å². The number of morpholine rings is 1. The molecular weight excluding hydrogens is 415 g/mol. The van der Waals surface area contributed by atoms with Crippen molar-refractivity contribution in [3.8, 4) is 0 Å². The van der Waals surface area contributed by atoms with Crippen LogP contribution in [-0.2, 0) is 4.74 Å². The van der Waals surface area contributed by atoms with Crippen molar-refractivity contribution in [2.45, 2.75) is 18.9 Å². The quantitative estimate of drug-likeness (QED) is 0.663. The molecule has 5 rings (SSSR count). The van der Waals surface area contributed by atoms with Crippen molar-refractivity contribution >= 4 is 28.5 Å². The maximum absolute atomic E-state index is 13.9. The summed E-state index contributed by atoms with van der Waals surface area (Å²) in [6, 6.07) is 10.5. The van der Waals surface area contributed by atoms with Gasteiger partial charge in [-0.2, -0.15) is 0 Å². The highest BCUT2D eigenvalue weighted by molar-refractivity contribution is 5.94. The van der Waals surface area contributed by atoms with Crippen LogP contribution in [0.25, 0.3) is 11.0 Å². The highest BCUT2D eigenvalue weighted by atomic mass is 19.1. The summed E-state index contributed by atoms with van der Waals surface area (Å²) < 4.78 is 25.5. The number of anilines is 2. The van der Waals surface area contributed by atoms with Crippen LogP contribution < -0.4 is 15.2 Å². The molecule has 2 aliphatic rings. The lowest BCUT2D eigenvalue weighted by Gasteiger charge is -2.29. The topological polar surface area (TPSA) is 83.2 Å². The molecule has 3 aromatic rings. The van der Waals surface area contributed by atoms with E-state index in [4.69, 9.17) is 9.15 Å². The Hall–Kier alpha value is -3.39. The molecule has 2 saturated heterocycles. The Morgan fingerprint density at radius 1 is 1.09 bits per heavy atom. The molecule has 0 bridgehead atoms. The van der Waals surface area contributed by atoms with E-state index in [-0.39, 0.29) is 28.2 Å². The molecule has 8 heteroatoms. The number of hydrogen-bond acceptors (Lipinski definition) is 6. The molecule has 1 N–H and O–H groups in total. The normalized spacial score (nSPS) is 19.0. The second kappa shape index (κ2) is 8.27. The van der Waals surface area contributed by atoms with Crippen LogP contribution in [0.5, 0.6) is 0 Å². The summed E-state index contributed by atoms with van der Waals surface area (Å²) in [6.45, 7) is 3.00. The van der Waals surface area contributed by atoms with Gasteiger partial charge in [0.1, 0.15) is 11.4 Å². The van der Waals surface area contributed by atoms with Crippen LogP contribution in [0.1, 0.15) is 34.8 Å². The van der Waals surface area contributed by atoms with E-state index in [0.717, 1.165) is 12.8 Å². The SMILES string of the molecule is O=C(O)c1cc(C2CCCN2c2cccc(F)c2)c2oc(N3CCOCC3)cc(=O)c2c1. The molecule has 2 aromatic carbocycles. The summed E-state index contributed by atoms with van der Waals surface area (Å²) in [4.78, 5) is 28.8. The molecule has 3 heterocycles. The lowest BCUT2D eigenvalue weighted by molar-refractivity contribution is 0.0697. The maximum atomic E-state index is 13.9. The van der Waals surface area contributed by atoms with Gasteiger partial charge in [0.25, 0.3) is 0 Å². The second-order valence-corrected chi connectivity index (χ2v) is 8.13. The summed E-state index contributed by atoms with van der Waals surface area (Å²) in [5.74, 6) is -0.996. The third kappa shape index (κ3) is 3.71. The molecule has 7 nitrogen and oxygen atoms in total. The van der Waals surface area contributed by atoms with Crippen molar-refractivity contribution in [3.05, 3.63) is 69.6 Å². The number of ether oxygens (including phenoxy) is 1. The highest BCUT2D eigenvalue weighted by Crippen LogP contribution is 2.40. The van der Waals surface area contributed by atoms with Gasteiger partial charge in [0, 0.05) is 37.0 Å². The minimum absolute atomic E-state index is 0.0324. The molecule has 1 unspecified atom stereocenters. The first-order valence-electron chi connectivity index (χ1n) is 10.7. The van der Waals surface area contributed by atoms with E-state index in [1.807, 2.05) is 15.9 Å². The Morgan fingerprint density at radius 2 is 1.91 bits per heavy atom. The molecule has 32 heavy (non-hydrogen) atoms. The Kier molecular flexibility index (Phi) is 5.30. The van der Waals surface area contributed by atoms with Gasteiger partial charge >= 0.3 is 5.97 Å². The summed E-state index contributed by atoms with van der Waals surface area (Å²) in [5, 5.41) is 9.90. The van der Waals surface area contributed by atoms with Crippen molar-refractivity contribution in [1.82, 2.24) is 0 Å². The Labute approximate surface area is 183 Å². The number of benzene rings is 2. The standard InChI is InChI=1S/C24H23FN2O5/c25-16-3-1-4-17(13-16)27-6-2-5-20(27)18-11-15(24(29)30)12-19-21(28)14-22(32-23(18)19)26-7-9-31-10-8-26/h1,3-4,11-14,20H,2,5-10H2,(H,29,30). The molecule has 0 saturated carbocycles. The average Bonchev–Trinajstić information content (AvgIpc) is 3.29. The minimum Gasteiger partial charge on any atom is -0.478 e. The molecule has 166 valence electrons.